The fraction of sp³-hybridized carbons (Fsp3) is 0.300. The molecule has 1 heterocycles. The first-order valence-corrected chi connectivity index (χ1v) is 9.38. The van der Waals surface area contributed by atoms with E-state index in [1.54, 1.807) is 17.0 Å². The van der Waals surface area contributed by atoms with E-state index in [0.717, 1.165) is 29.8 Å². The largest absolute Gasteiger partial charge is 0.352 e. The lowest BCUT2D eigenvalue weighted by Crippen LogP contribution is -2.25. The van der Waals surface area contributed by atoms with Crippen molar-refractivity contribution < 1.29 is 9.59 Å². The molecule has 0 saturated carbocycles. The molecule has 2 aromatic rings. The van der Waals surface area contributed by atoms with E-state index < -0.39 is 0 Å². The fourth-order valence-electron chi connectivity index (χ4n) is 3.02. The Hall–Kier alpha value is -2.04. The van der Waals surface area contributed by atoms with Gasteiger partial charge in [0, 0.05) is 41.7 Å². The van der Waals surface area contributed by atoms with Crippen LogP contribution in [0, 0.1) is 0 Å². The van der Waals surface area contributed by atoms with Crippen LogP contribution in [0.25, 0.3) is 0 Å². The second-order valence-corrected chi connectivity index (χ2v) is 7.17. The Morgan fingerprint density at radius 1 is 1.15 bits per heavy atom. The van der Waals surface area contributed by atoms with Crippen LogP contribution in [0.3, 0.4) is 0 Å². The molecule has 0 aliphatic carbocycles. The molecule has 0 radical (unpaired) electrons. The van der Waals surface area contributed by atoms with Crippen LogP contribution in [0.4, 0.5) is 5.69 Å². The Morgan fingerprint density at radius 2 is 2.00 bits per heavy atom. The van der Waals surface area contributed by atoms with Gasteiger partial charge in [-0.3, -0.25) is 9.59 Å². The number of amides is 2. The highest BCUT2D eigenvalue weighted by molar-refractivity contribution is 6.35. The quantitative estimate of drug-likeness (QED) is 0.795. The highest BCUT2D eigenvalue weighted by atomic mass is 35.5. The van der Waals surface area contributed by atoms with E-state index in [4.69, 9.17) is 23.2 Å². The zero-order valence-electron chi connectivity index (χ0n) is 14.3. The summed E-state index contributed by atoms with van der Waals surface area (Å²) < 4.78 is 0. The van der Waals surface area contributed by atoms with Gasteiger partial charge < -0.3 is 10.2 Å². The molecule has 136 valence electrons. The highest BCUT2D eigenvalue weighted by Crippen LogP contribution is 2.23. The lowest BCUT2D eigenvalue weighted by atomic mass is 10.1. The van der Waals surface area contributed by atoms with Gasteiger partial charge in [0.25, 0.3) is 0 Å². The summed E-state index contributed by atoms with van der Waals surface area (Å²) in [5, 5.41) is 4.08. The number of nitrogens with one attached hydrogen (secondary N) is 1. The van der Waals surface area contributed by atoms with Crippen LogP contribution in [-0.2, 0) is 22.6 Å². The average Bonchev–Trinajstić information content (AvgIpc) is 3.05. The van der Waals surface area contributed by atoms with E-state index in [-0.39, 0.29) is 11.8 Å². The molecular weight excluding hydrogens is 371 g/mol. The molecule has 1 aliphatic rings. The molecule has 1 N–H and O–H groups in total. The molecule has 1 fully saturated rings. The van der Waals surface area contributed by atoms with Crippen molar-refractivity contribution in [1.29, 1.82) is 0 Å². The van der Waals surface area contributed by atoms with Crippen LogP contribution >= 0.6 is 23.2 Å². The normalized spacial score (nSPS) is 13.9. The molecule has 0 atom stereocenters. The maximum Gasteiger partial charge on any atom is 0.227 e. The predicted octanol–water partition coefficient (Wildman–Crippen LogP) is 4.37. The van der Waals surface area contributed by atoms with E-state index >= 15 is 0 Å². The number of anilines is 1. The third-order valence-electron chi connectivity index (χ3n) is 4.42. The Labute approximate surface area is 163 Å². The van der Waals surface area contributed by atoms with Crippen molar-refractivity contribution in [3.63, 3.8) is 0 Å². The van der Waals surface area contributed by atoms with Gasteiger partial charge in [-0.1, -0.05) is 41.4 Å². The standard InChI is InChI=1S/C20H20Cl2N2O2/c21-16-8-6-15(18(22)12-16)7-9-19(25)23-13-14-3-1-4-17(11-14)24-10-2-5-20(24)26/h1,3-4,6,8,11-12H,2,5,7,9-10,13H2,(H,23,25). The van der Waals surface area contributed by atoms with E-state index in [0.29, 0.717) is 35.9 Å². The van der Waals surface area contributed by atoms with Crippen LogP contribution in [0.2, 0.25) is 10.0 Å². The van der Waals surface area contributed by atoms with Gasteiger partial charge in [-0.25, -0.2) is 0 Å². The molecule has 6 heteroatoms. The Kier molecular flexibility index (Phi) is 6.17. The number of rotatable bonds is 6. The van der Waals surface area contributed by atoms with Gasteiger partial charge in [0.2, 0.25) is 11.8 Å². The minimum Gasteiger partial charge on any atom is -0.352 e. The number of carbonyl (C=O) groups is 2. The van der Waals surface area contributed by atoms with Gasteiger partial charge in [-0.15, -0.1) is 0 Å². The molecule has 1 aliphatic heterocycles. The predicted molar refractivity (Wildman–Crippen MR) is 105 cm³/mol. The summed E-state index contributed by atoms with van der Waals surface area (Å²) >= 11 is 12.0. The van der Waals surface area contributed by atoms with Gasteiger partial charge in [-0.05, 0) is 48.2 Å². The summed E-state index contributed by atoms with van der Waals surface area (Å²) in [5.74, 6) is 0.115. The lowest BCUT2D eigenvalue weighted by Gasteiger charge is -2.16. The molecular formula is C20H20Cl2N2O2. The molecule has 0 aromatic heterocycles. The SMILES string of the molecule is O=C(CCc1ccc(Cl)cc1Cl)NCc1cccc(N2CCCC2=O)c1. The first-order chi connectivity index (χ1) is 12.5. The van der Waals surface area contributed by atoms with Crippen molar-refractivity contribution in [2.45, 2.75) is 32.2 Å². The summed E-state index contributed by atoms with van der Waals surface area (Å²) in [6.45, 7) is 1.19. The monoisotopic (exact) mass is 390 g/mol. The Balaban J connectivity index is 1.52. The van der Waals surface area contributed by atoms with Gasteiger partial charge in [0.15, 0.2) is 0 Å². The molecule has 1 saturated heterocycles. The minimum absolute atomic E-state index is 0.0429. The smallest absolute Gasteiger partial charge is 0.227 e. The van der Waals surface area contributed by atoms with Gasteiger partial charge in [0.05, 0.1) is 0 Å². The first-order valence-electron chi connectivity index (χ1n) is 8.63. The number of hydrogen-bond donors (Lipinski definition) is 1. The van der Waals surface area contributed by atoms with E-state index in [9.17, 15) is 9.59 Å². The third kappa shape index (κ3) is 4.77. The summed E-state index contributed by atoms with van der Waals surface area (Å²) in [7, 11) is 0. The summed E-state index contributed by atoms with van der Waals surface area (Å²) in [6.07, 6.45) is 2.41. The van der Waals surface area contributed by atoms with Crippen LogP contribution in [-0.4, -0.2) is 18.4 Å². The van der Waals surface area contributed by atoms with Crippen molar-refractivity contribution in [2.24, 2.45) is 0 Å². The van der Waals surface area contributed by atoms with Crippen molar-refractivity contribution in [3.8, 4) is 0 Å². The number of benzene rings is 2. The second-order valence-electron chi connectivity index (χ2n) is 6.33. The molecule has 0 spiro atoms. The van der Waals surface area contributed by atoms with E-state index in [1.165, 1.54) is 0 Å². The van der Waals surface area contributed by atoms with Crippen LogP contribution < -0.4 is 10.2 Å². The topological polar surface area (TPSA) is 49.4 Å². The summed E-state index contributed by atoms with van der Waals surface area (Å²) in [4.78, 5) is 25.8. The van der Waals surface area contributed by atoms with Gasteiger partial charge in [-0.2, -0.15) is 0 Å². The summed E-state index contributed by atoms with van der Waals surface area (Å²) in [5.41, 5.74) is 2.77. The van der Waals surface area contributed by atoms with Crippen LogP contribution in [0.1, 0.15) is 30.4 Å². The highest BCUT2D eigenvalue weighted by Gasteiger charge is 2.21. The Morgan fingerprint density at radius 3 is 2.73 bits per heavy atom. The second kappa shape index (κ2) is 8.56. The molecule has 2 aromatic carbocycles. The van der Waals surface area contributed by atoms with Gasteiger partial charge in [0.1, 0.15) is 0 Å². The molecule has 26 heavy (non-hydrogen) atoms. The maximum atomic E-state index is 12.1. The average molecular weight is 391 g/mol. The van der Waals surface area contributed by atoms with Gasteiger partial charge >= 0.3 is 0 Å². The van der Waals surface area contributed by atoms with E-state index in [1.807, 2.05) is 30.3 Å². The summed E-state index contributed by atoms with van der Waals surface area (Å²) in [6, 6.07) is 13.0. The first kappa shape index (κ1) is 18.7. The molecule has 4 nitrogen and oxygen atoms in total. The Bertz CT molecular complexity index is 823. The number of nitrogens with zero attached hydrogens (tertiary/aromatic N) is 1. The molecule has 3 rings (SSSR count). The minimum atomic E-state index is -0.0429. The maximum absolute atomic E-state index is 12.1. The molecule has 0 bridgehead atoms. The third-order valence-corrected chi connectivity index (χ3v) is 5.01. The van der Waals surface area contributed by atoms with E-state index in [2.05, 4.69) is 5.32 Å². The molecule has 0 unspecified atom stereocenters. The number of carbonyl (C=O) groups excluding carboxylic acids is 2. The number of aryl methyl sites for hydroxylation is 1. The zero-order chi connectivity index (χ0) is 18.5. The van der Waals surface area contributed by atoms with Crippen molar-refractivity contribution in [2.75, 3.05) is 11.4 Å². The van der Waals surface area contributed by atoms with Crippen LogP contribution in [0.5, 0.6) is 0 Å². The number of halogens is 2. The molecule has 2 amide bonds. The zero-order valence-corrected chi connectivity index (χ0v) is 15.8. The van der Waals surface area contributed by atoms with Crippen molar-refractivity contribution in [1.82, 2.24) is 5.32 Å². The lowest BCUT2D eigenvalue weighted by molar-refractivity contribution is -0.121. The van der Waals surface area contributed by atoms with Crippen molar-refractivity contribution >= 4 is 40.7 Å². The van der Waals surface area contributed by atoms with Crippen molar-refractivity contribution in [3.05, 3.63) is 63.6 Å². The number of hydrogen-bond acceptors (Lipinski definition) is 2. The van der Waals surface area contributed by atoms with Crippen LogP contribution in [0.15, 0.2) is 42.5 Å². The fourth-order valence-corrected chi connectivity index (χ4v) is 3.52.